The molecule has 176 valence electrons. The Balaban J connectivity index is 0.00000512. The summed E-state index contributed by atoms with van der Waals surface area (Å²) < 4.78 is 29.8. The molecule has 0 aliphatic carbocycles. The van der Waals surface area contributed by atoms with Crippen LogP contribution in [0.5, 0.6) is 5.75 Å². The summed E-state index contributed by atoms with van der Waals surface area (Å²) in [5, 5.41) is 9.17. The fourth-order valence-electron chi connectivity index (χ4n) is 2.90. The molecule has 6 nitrogen and oxygen atoms in total. The molecule has 0 aromatic heterocycles. The van der Waals surface area contributed by atoms with E-state index >= 15 is 0 Å². The highest BCUT2D eigenvalue weighted by Crippen LogP contribution is 2.22. The molecule has 2 rings (SSSR count). The molecule has 0 aliphatic rings. The number of hydrogen-bond acceptors (Lipinski definition) is 3. The van der Waals surface area contributed by atoms with Gasteiger partial charge in [-0.05, 0) is 37.1 Å². The third kappa shape index (κ3) is 9.37. The number of ether oxygens (including phenoxy) is 1. The molecule has 0 radical (unpaired) electrons. The number of rotatable bonds is 10. The van der Waals surface area contributed by atoms with E-state index in [1.807, 2.05) is 19.1 Å². The van der Waals surface area contributed by atoms with E-state index < -0.39 is 6.61 Å². The largest absolute Gasteiger partial charge is 0.434 e. The highest BCUT2D eigenvalue weighted by Gasteiger charge is 2.11. The van der Waals surface area contributed by atoms with Crippen LogP contribution < -0.4 is 20.7 Å². The summed E-state index contributed by atoms with van der Waals surface area (Å²) in [5.74, 6) is 0.577. The zero-order valence-corrected chi connectivity index (χ0v) is 20.9. The first-order chi connectivity index (χ1) is 14.9. The van der Waals surface area contributed by atoms with Gasteiger partial charge in [-0.3, -0.25) is 9.79 Å². The Morgan fingerprint density at radius 1 is 1.06 bits per heavy atom. The lowest BCUT2D eigenvalue weighted by atomic mass is 10.1. The molecule has 3 N–H and O–H groups in total. The van der Waals surface area contributed by atoms with Crippen LogP contribution in [-0.2, 0) is 13.1 Å². The maximum atomic E-state index is 12.6. The molecule has 0 unspecified atom stereocenters. The number of carbonyl (C=O) groups excluding carboxylic acids is 1. The summed E-state index contributed by atoms with van der Waals surface area (Å²) in [4.78, 5) is 16.2. The molecular weight excluding hydrogens is 529 g/mol. The molecule has 0 aliphatic heterocycles. The molecule has 0 atom stereocenters. The average molecular weight is 560 g/mol. The highest BCUT2D eigenvalue weighted by molar-refractivity contribution is 14.0. The molecule has 0 heterocycles. The topological polar surface area (TPSA) is 74.8 Å². The van der Waals surface area contributed by atoms with Crippen LogP contribution in [-0.4, -0.2) is 32.1 Å². The fourth-order valence-corrected chi connectivity index (χ4v) is 2.90. The molecule has 0 bridgehead atoms. The molecule has 2 aromatic carbocycles. The molecule has 0 fully saturated rings. The SMILES string of the molecule is CCCCNC(=O)c1ccc(CNC(=NC)NCc2cc(C)ccc2OC(F)F)cc1.I. The molecule has 32 heavy (non-hydrogen) atoms. The maximum absolute atomic E-state index is 12.6. The minimum absolute atomic E-state index is 0. The van der Waals surface area contributed by atoms with Crippen molar-refractivity contribution in [3.05, 3.63) is 64.7 Å². The first kappa shape index (κ1) is 27.6. The van der Waals surface area contributed by atoms with Gasteiger partial charge in [0.1, 0.15) is 5.75 Å². The van der Waals surface area contributed by atoms with Crippen molar-refractivity contribution in [2.24, 2.45) is 4.99 Å². The van der Waals surface area contributed by atoms with E-state index in [2.05, 4.69) is 32.6 Å². The van der Waals surface area contributed by atoms with E-state index in [0.717, 1.165) is 24.0 Å². The minimum Gasteiger partial charge on any atom is -0.434 e. The molecule has 2 aromatic rings. The van der Waals surface area contributed by atoms with Crippen LogP contribution in [0.1, 0.15) is 46.8 Å². The number of nitrogens with zero attached hydrogens (tertiary/aromatic N) is 1. The summed E-state index contributed by atoms with van der Waals surface area (Å²) in [7, 11) is 1.63. The molecule has 0 spiro atoms. The van der Waals surface area contributed by atoms with Gasteiger partial charge in [0.2, 0.25) is 0 Å². The first-order valence-electron chi connectivity index (χ1n) is 10.3. The third-order valence-electron chi connectivity index (χ3n) is 4.59. The smallest absolute Gasteiger partial charge is 0.387 e. The summed E-state index contributed by atoms with van der Waals surface area (Å²) in [5.41, 5.74) is 3.15. The van der Waals surface area contributed by atoms with Gasteiger partial charge in [-0.2, -0.15) is 8.78 Å². The standard InChI is InChI=1S/C23H30F2N4O2.HI/c1-4-5-12-27-21(30)18-9-7-17(8-10-18)14-28-23(26-3)29-15-19-13-16(2)6-11-20(19)31-22(24)25;/h6-11,13,22H,4-5,12,14-15H2,1-3H3,(H,27,30)(H2,26,28,29);1H. The zero-order valence-electron chi connectivity index (χ0n) is 18.6. The van der Waals surface area contributed by atoms with Gasteiger partial charge in [0, 0.05) is 37.8 Å². The highest BCUT2D eigenvalue weighted by atomic mass is 127. The van der Waals surface area contributed by atoms with Crippen molar-refractivity contribution in [3.63, 3.8) is 0 Å². The monoisotopic (exact) mass is 560 g/mol. The number of nitrogens with one attached hydrogen (secondary N) is 3. The number of benzene rings is 2. The number of halogens is 3. The van der Waals surface area contributed by atoms with Crippen LogP contribution in [0.15, 0.2) is 47.5 Å². The van der Waals surface area contributed by atoms with E-state index in [0.29, 0.717) is 30.2 Å². The van der Waals surface area contributed by atoms with Crippen LogP contribution in [0.4, 0.5) is 8.78 Å². The maximum Gasteiger partial charge on any atom is 0.387 e. The van der Waals surface area contributed by atoms with Crippen LogP contribution >= 0.6 is 24.0 Å². The number of hydrogen-bond donors (Lipinski definition) is 3. The lowest BCUT2D eigenvalue weighted by molar-refractivity contribution is -0.0504. The number of alkyl halides is 2. The Bertz CT molecular complexity index is 877. The van der Waals surface area contributed by atoms with Gasteiger partial charge in [-0.1, -0.05) is 43.2 Å². The van der Waals surface area contributed by atoms with Crippen molar-refractivity contribution in [1.29, 1.82) is 0 Å². The average Bonchev–Trinajstić information content (AvgIpc) is 2.75. The number of amides is 1. The predicted octanol–water partition coefficient (Wildman–Crippen LogP) is 4.61. The van der Waals surface area contributed by atoms with Crippen molar-refractivity contribution >= 4 is 35.8 Å². The van der Waals surface area contributed by atoms with E-state index in [4.69, 9.17) is 0 Å². The van der Waals surface area contributed by atoms with Crippen LogP contribution in [0.25, 0.3) is 0 Å². The molecule has 1 amide bonds. The van der Waals surface area contributed by atoms with E-state index in [-0.39, 0.29) is 42.2 Å². The molecular formula is C23H31F2IN4O2. The zero-order chi connectivity index (χ0) is 22.6. The Labute approximate surface area is 205 Å². The Hall–Kier alpha value is -2.43. The van der Waals surface area contributed by atoms with Gasteiger partial charge in [0.05, 0.1) is 0 Å². The number of aliphatic imine (C=N–C) groups is 1. The second-order valence-corrected chi connectivity index (χ2v) is 7.08. The van der Waals surface area contributed by atoms with Crippen LogP contribution in [0.2, 0.25) is 0 Å². The first-order valence-corrected chi connectivity index (χ1v) is 10.3. The Morgan fingerprint density at radius 2 is 1.75 bits per heavy atom. The quantitative estimate of drug-likeness (QED) is 0.172. The van der Waals surface area contributed by atoms with Gasteiger partial charge in [-0.15, -0.1) is 24.0 Å². The van der Waals surface area contributed by atoms with Gasteiger partial charge in [-0.25, -0.2) is 0 Å². The van der Waals surface area contributed by atoms with Crippen LogP contribution in [0.3, 0.4) is 0 Å². The number of guanidine groups is 1. The van der Waals surface area contributed by atoms with E-state index in [1.165, 1.54) is 6.07 Å². The molecule has 9 heteroatoms. The summed E-state index contributed by atoms with van der Waals surface area (Å²) in [6.45, 7) is 2.53. The third-order valence-corrected chi connectivity index (χ3v) is 4.59. The van der Waals surface area contributed by atoms with E-state index in [1.54, 1.807) is 31.3 Å². The van der Waals surface area contributed by atoms with Crippen molar-refractivity contribution in [3.8, 4) is 5.75 Å². The summed E-state index contributed by atoms with van der Waals surface area (Å²) >= 11 is 0. The van der Waals surface area contributed by atoms with Crippen molar-refractivity contribution in [1.82, 2.24) is 16.0 Å². The number of unbranched alkanes of at least 4 members (excludes halogenated alkanes) is 1. The second kappa shape index (κ2) is 14.6. The van der Waals surface area contributed by atoms with Gasteiger partial charge >= 0.3 is 6.61 Å². The number of carbonyl (C=O) groups is 1. The second-order valence-electron chi connectivity index (χ2n) is 7.08. The fraction of sp³-hybridized carbons (Fsp3) is 0.391. The Morgan fingerprint density at radius 3 is 2.38 bits per heavy atom. The van der Waals surface area contributed by atoms with E-state index in [9.17, 15) is 13.6 Å². The lowest BCUT2D eigenvalue weighted by Gasteiger charge is -2.15. The van der Waals surface area contributed by atoms with Crippen molar-refractivity contribution < 1.29 is 18.3 Å². The minimum atomic E-state index is -2.88. The summed E-state index contributed by atoms with van der Waals surface area (Å²) in [6.07, 6.45) is 1.99. The summed E-state index contributed by atoms with van der Waals surface area (Å²) in [6, 6.07) is 12.4. The normalized spacial score (nSPS) is 11.0. The predicted molar refractivity (Wildman–Crippen MR) is 134 cm³/mol. The van der Waals surface area contributed by atoms with Gasteiger partial charge in [0.15, 0.2) is 5.96 Å². The molecule has 0 saturated carbocycles. The number of aryl methyl sites for hydroxylation is 1. The van der Waals surface area contributed by atoms with Crippen molar-refractivity contribution in [2.45, 2.75) is 46.4 Å². The Kier molecular flexibility index (Phi) is 12.6. The molecule has 0 saturated heterocycles. The van der Waals surface area contributed by atoms with Crippen molar-refractivity contribution in [2.75, 3.05) is 13.6 Å². The lowest BCUT2D eigenvalue weighted by Crippen LogP contribution is -2.36. The van der Waals surface area contributed by atoms with Gasteiger partial charge in [0.25, 0.3) is 5.91 Å². The van der Waals surface area contributed by atoms with Crippen LogP contribution in [0, 0.1) is 6.92 Å². The van der Waals surface area contributed by atoms with Gasteiger partial charge < -0.3 is 20.7 Å².